The lowest BCUT2D eigenvalue weighted by atomic mass is 10.2. The number of piperazine rings is 1. The van der Waals surface area contributed by atoms with Gasteiger partial charge in [0.2, 0.25) is 0 Å². The minimum atomic E-state index is 0.0805. The SMILES string of the molecule is CN1CCN(CCCNC(=O)c2cc3cn(C4CCCC4)cc3s2)CC1. The molecular formula is C20H30N4OS. The van der Waals surface area contributed by atoms with Crippen LogP contribution >= 0.6 is 11.3 Å². The summed E-state index contributed by atoms with van der Waals surface area (Å²) in [5.74, 6) is 0.0805. The zero-order valence-corrected chi connectivity index (χ0v) is 16.6. The Balaban J connectivity index is 1.24. The van der Waals surface area contributed by atoms with Crippen molar-refractivity contribution in [2.75, 3.05) is 46.3 Å². The van der Waals surface area contributed by atoms with E-state index in [2.05, 4.69) is 45.2 Å². The molecule has 1 aliphatic heterocycles. The van der Waals surface area contributed by atoms with Crippen LogP contribution in [0.15, 0.2) is 18.5 Å². The van der Waals surface area contributed by atoms with E-state index in [0.717, 1.165) is 50.6 Å². The van der Waals surface area contributed by atoms with E-state index in [9.17, 15) is 4.79 Å². The van der Waals surface area contributed by atoms with Gasteiger partial charge in [-0.1, -0.05) is 12.8 Å². The fourth-order valence-electron chi connectivity index (χ4n) is 4.14. The smallest absolute Gasteiger partial charge is 0.261 e. The molecule has 1 saturated heterocycles. The van der Waals surface area contributed by atoms with Gasteiger partial charge in [-0.3, -0.25) is 4.79 Å². The van der Waals surface area contributed by atoms with E-state index >= 15 is 0 Å². The van der Waals surface area contributed by atoms with Gasteiger partial charge in [-0.05, 0) is 38.9 Å². The van der Waals surface area contributed by atoms with Crippen molar-refractivity contribution in [3.05, 3.63) is 23.3 Å². The molecule has 2 aromatic rings. The van der Waals surface area contributed by atoms with Crippen molar-refractivity contribution in [3.8, 4) is 0 Å². The molecule has 0 bridgehead atoms. The Morgan fingerprint density at radius 3 is 2.69 bits per heavy atom. The summed E-state index contributed by atoms with van der Waals surface area (Å²) in [5, 5.41) is 4.31. The molecule has 142 valence electrons. The minimum absolute atomic E-state index is 0.0805. The van der Waals surface area contributed by atoms with Crippen molar-refractivity contribution in [1.29, 1.82) is 0 Å². The van der Waals surface area contributed by atoms with Crippen LogP contribution in [0.4, 0.5) is 0 Å². The number of fused-ring (bicyclic) bond motifs is 1. The maximum atomic E-state index is 12.4. The molecule has 2 aliphatic rings. The summed E-state index contributed by atoms with van der Waals surface area (Å²) in [6, 6.07) is 2.72. The lowest BCUT2D eigenvalue weighted by Crippen LogP contribution is -2.45. The molecule has 2 aromatic heterocycles. The van der Waals surface area contributed by atoms with Crippen LogP contribution in [0, 0.1) is 0 Å². The molecule has 1 amide bonds. The Bertz CT molecular complexity index is 707. The number of thiophene rings is 1. The standard InChI is InChI=1S/C20H30N4OS/c1-22-9-11-23(12-10-22)8-4-7-21-20(25)18-13-16-14-24(15-19(16)26-18)17-5-2-3-6-17/h13-15,17H,2-12H2,1H3,(H,21,25). The lowest BCUT2D eigenvalue weighted by molar-refractivity contribution is 0.0953. The van der Waals surface area contributed by atoms with Gasteiger partial charge in [0, 0.05) is 56.5 Å². The number of rotatable bonds is 6. The molecule has 0 spiro atoms. The molecule has 4 rings (SSSR count). The number of nitrogens with zero attached hydrogens (tertiary/aromatic N) is 3. The Morgan fingerprint density at radius 1 is 1.19 bits per heavy atom. The maximum absolute atomic E-state index is 12.4. The van der Waals surface area contributed by atoms with Gasteiger partial charge in [-0.25, -0.2) is 0 Å². The minimum Gasteiger partial charge on any atom is -0.351 e. The van der Waals surface area contributed by atoms with E-state index in [0.29, 0.717) is 6.04 Å². The molecule has 5 nitrogen and oxygen atoms in total. The van der Waals surface area contributed by atoms with Gasteiger partial charge < -0.3 is 19.7 Å². The number of likely N-dealkylation sites (N-methyl/N-ethyl adjacent to an activating group) is 1. The van der Waals surface area contributed by atoms with Crippen LogP contribution in [0.25, 0.3) is 10.1 Å². The van der Waals surface area contributed by atoms with Crippen LogP contribution in [0.5, 0.6) is 0 Å². The highest BCUT2D eigenvalue weighted by molar-refractivity contribution is 7.20. The topological polar surface area (TPSA) is 40.5 Å². The Kier molecular flexibility index (Phi) is 5.62. The molecule has 3 heterocycles. The van der Waals surface area contributed by atoms with Gasteiger partial charge in [0.1, 0.15) is 0 Å². The zero-order chi connectivity index (χ0) is 17.9. The molecule has 0 radical (unpaired) electrons. The van der Waals surface area contributed by atoms with Crippen molar-refractivity contribution in [2.45, 2.75) is 38.1 Å². The third-order valence-electron chi connectivity index (χ3n) is 5.85. The summed E-state index contributed by atoms with van der Waals surface area (Å²) < 4.78 is 3.60. The molecule has 26 heavy (non-hydrogen) atoms. The summed E-state index contributed by atoms with van der Waals surface area (Å²) in [6.07, 6.45) is 10.8. The van der Waals surface area contributed by atoms with Crippen LogP contribution in [0.2, 0.25) is 0 Å². The predicted molar refractivity (Wildman–Crippen MR) is 108 cm³/mol. The van der Waals surface area contributed by atoms with E-state index in [1.54, 1.807) is 11.3 Å². The molecule has 0 unspecified atom stereocenters. The van der Waals surface area contributed by atoms with Crippen molar-refractivity contribution in [1.82, 2.24) is 19.7 Å². The van der Waals surface area contributed by atoms with E-state index < -0.39 is 0 Å². The number of carbonyl (C=O) groups excluding carboxylic acids is 1. The highest BCUT2D eigenvalue weighted by atomic mass is 32.1. The normalized spacial score (nSPS) is 20.2. The van der Waals surface area contributed by atoms with Gasteiger partial charge in [0.05, 0.1) is 9.58 Å². The Morgan fingerprint density at radius 2 is 1.96 bits per heavy atom. The second-order valence-electron chi connectivity index (χ2n) is 7.83. The van der Waals surface area contributed by atoms with Crippen LogP contribution in [-0.4, -0.2) is 66.6 Å². The molecule has 1 saturated carbocycles. The number of hydrogen-bond donors (Lipinski definition) is 1. The van der Waals surface area contributed by atoms with Crippen LogP contribution in [0.1, 0.15) is 47.8 Å². The first-order valence-corrected chi connectivity index (χ1v) is 10.8. The van der Waals surface area contributed by atoms with Crippen LogP contribution < -0.4 is 5.32 Å². The van der Waals surface area contributed by atoms with Crippen molar-refractivity contribution in [3.63, 3.8) is 0 Å². The quantitative estimate of drug-likeness (QED) is 0.790. The van der Waals surface area contributed by atoms with Gasteiger partial charge in [-0.15, -0.1) is 11.3 Å². The summed E-state index contributed by atoms with van der Waals surface area (Å²) >= 11 is 1.62. The first-order valence-electron chi connectivity index (χ1n) is 9.99. The first kappa shape index (κ1) is 18.0. The average molecular weight is 375 g/mol. The molecule has 1 aliphatic carbocycles. The van der Waals surface area contributed by atoms with Gasteiger partial charge in [0.25, 0.3) is 5.91 Å². The zero-order valence-electron chi connectivity index (χ0n) is 15.7. The summed E-state index contributed by atoms with van der Waals surface area (Å²) in [4.78, 5) is 18.1. The molecule has 1 N–H and O–H groups in total. The second kappa shape index (κ2) is 8.11. The Hall–Kier alpha value is -1.37. The lowest BCUT2D eigenvalue weighted by Gasteiger charge is -2.32. The molecule has 0 atom stereocenters. The number of carbonyl (C=O) groups is 1. The van der Waals surface area contributed by atoms with Crippen molar-refractivity contribution in [2.24, 2.45) is 0 Å². The fourth-order valence-corrected chi connectivity index (χ4v) is 5.13. The van der Waals surface area contributed by atoms with Gasteiger partial charge in [0.15, 0.2) is 0 Å². The highest BCUT2D eigenvalue weighted by Crippen LogP contribution is 2.34. The third-order valence-corrected chi connectivity index (χ3v) is 6.93. The van der Waals surface area contributed by atoms with Crippen LogP contribution in [0.3, 0.4) is 0 Å². The third kappa shape index (κ3) is 4.13. The van der Waals surface area contributed by atoms with E-state index in [-0.39, 0.29) is 5.91 Å². The van der Waals surface area contributed by atoms with Gasteiger partial charge in [-0.2, -0.15) is 0 Å². The van der Waals surface area contributed by atoms with Gasteiger partial charge >= 0.3 is 0 Å². The summed E-state index contributed by atoms with van der Waals surface area (Å²) in [5.41, 5.74) is 0. The van der Waals surface area contributed by atoms with E-state index in [1.165, 1.54) is 35.8 Å². The fraction of sp³-hybridized carbons (Fsp3) is 0.650. The monoisotopic (exact) mass is 374 g/mol. The second-order valence-corrected chi connectivity index (χ2v) is 8.91. The van der Waals surface area contributed by atoms with E-state index in [1.807, 2.05) is 0 Å². The number of nitrogens with one attached hydrogen (secondary N) is 1. The molecule has 6 heteroatoms. The molecular weight excluding hydrogens is 344 g/mol. The van der Waals surface area contributed by atoms with Crippen molar-refractivity contribution >= 4 is 27.3 Å². The first-order chi connectivity index (χ1) is 12.7. The average Bonchev–Trinajstić information content (AvgIpc) is 3.35. The number of amides is 1. The molecule has 2 fully saturated rings. The summed E-state index contributed by atoms with van der Waals surface area (Å²) in [7, 11) is 2.18. The number of aromatic nitrogens is 1. The van der Waals surface area contributed by atoms with Crippen LogP contribution in [-0.2, 0) is 0 Å². The van der Waals surface area contributed by atoms with E-state index in [4.69, 9.17) is 0 Å². The Labute approximate surface area is 160 Å². The highest BCUT2D eigenvalue weighted by Gasteiger charge is 2.19. The maximum Gasteiger partial charge on any atom is 0.261 e. The van der Waals surface area contributed by atoms with Crippen molar-refractivity contribution < 1.29 is 4.79 Å². The summed E-state index contributed by atoms with van der Waals surface area (Å²) in [6.45, 7) is 6.43. The number of hydrogen-bond acceptors (Lipinski definition) is 4. The molecule has 0 aromatic carbocycles. The predicted octanol–water partition coefficient (Wildman–Crippen LogP) is 3.19. The largest absolute Gasteiger partial charge is 0.351 e.